The molecule has 0 rings (SSSR count). The van der Waals surface area contributed by atoms with Gasteiger partial charge in [-0.15, -0.1) is 0 Å². The van der Waals surface area contributed by atoms with Crippen molar-refractivity contribution in [3.63, 3.8) is 0 Å². The molecule has 0 aromatic carbocycles. The fraction of sp³-hybridized carbons (Fsp3) is 1.00. The van der Waals surface area contributed by atoms with Crippen LogP contribution in [-0.4, -0.2) is 40.3 Å². The smallest absolute Gasteiger partial charge is 0.382 e. The Bertz CT molecular complexity index is 119. The molecule has 0 aliphatic heterocycles. The van der Waals surface area contributed by atoms with E-state index in [1.807, 2.05) is 13.5 Å². The zero-order valence-electron chi connectivity index (χ0n) is 8.47. The maximum absolute atomic E-state index is 10.0. The highest BCUT2D eigenvalue weighted by atomic mass is 28.4. The van der Waals surface area contributed by atoms with Gasteiger partial charge < -0.3 is 14.0 Å². The Hall–Kier alpha value is 0.0569. The van der Waals surface area contributed by atoms with Crippen molar-refractivity contribution in [1.82, 2.24) is 5.32 Å². The summed E-state index contributed by atoms with van der Waals surface area (Å²) in [6.07, 6.45) is 0.563. The Morgan fingerprint density at radius 1 is 1.42 bits per heavy atom. The molecule has 74 valence electrons. The molecule has 5 heteroatoms. The minimum atomic E-state index is -2.51. The standard InChI is InChI=1S/C7H19NO3Si/c1-6-7(9,8-2)12(5,10-3)11-4/h8-9H,6H2,1-5H3. The van der Waals surface area contributed by atoms with Crippen molar-refractivity contribution in [3.05, 3.63) is 0 Å². The summed E-state index contributed by atoms with van der Waals surface area (Å²) >= 11 is 0. The topological polar surface area (TPSA) is 50.7 Å². The summed E-state index contributed by atoms with van der Waals surface area (Å²) in [7, 11) is 2.32. The molecule has 4 nitrogen and oxygen atoms in total. The molecule has 0 heterocycles. The molecule has 0 saturated carbocycles. The molecule has 12 heavy (non-hydrogen) atoms. The van der Waals surface area contributed by atoms with E-state index in [0.717, 1.165) is 0 Å². The summed E-state index contributed by atoms with van der Waals surface area (Å²) in [5, 5.41) is 11.9. The fourth-order valence-corrected chi connectivity index (χ4v) is 3.08. The van der Waals surface area contributed by atoms with E-state index in [1.165, 1.54) is 0 Å². The van der Waals surface area contributed by atoms with Gasteiger partial charge in [0.05, 0.1) is 0 Å². The third kappa shape index (κ3) is 1.86. The lowest BCUT2D eigenvalue weighted by molar-refractivity contribution is 0.0272. The largest absolute Gasteiger partial charge is 0.395 e. The molecule has 0 aliphatic carbocycles. The fourth-order valence-electron chi connectivity index (χ4n) is 1.15. The molecule has 2 N–H and O–H groups in total. The monoisotopic (exact) mass is 193 g/mol. The molecule has 0 amide bonds. The molecule has 0 bridgehead atoms. The molecule has 0 fully saturated rings. The summed E-state index contributed by atoms with van der Waals surface area (Å²) in [4.78, 5) is 0. The minimum absolute atomic E-state index is 0.563. The van der Waals surface area contributed by atoms with Gasteiger partial charge in [0.25, 0.3) is 0 Å². The van der Waals surface area contributed by atoms with Gasteiger partial charge in [-0.3, -0.25) is 5.32 Å². The Labute approximate surface area is 75.1 Å². The first-order valence-electron chi connectivity index (χ1n) is 4.01. The minimum Gasteiger partial charge on any atom is -0.395 e. The Morgan fingerprint density at radius 2 is 1.83 bits per heavy atom. The van der Waals surface area contributed by atoms with Crippen LogP contribution in [0.5, 0.6) is 0 Å². The van der Waals surface area contributed by atoms with E-state index in [9.17, 15) is 5.11 Å². The van der Waals surface area contributed by atoms with Crippen LogP contribution in [0.4, 0.5) is 0 Å². The second-order valence-electron chi connectivity index (χ2n) is 2.82. The first-order valence-corrected chi connectivity index (χ1v) is 6.33. The van der Waals surface area contributed by atoms with Gasteiger partial charge >= 0.3 is 8.56 Å². The van der Waals surface area contributed by atoms with E-state index >= 15 is 0 Å². The Kier molecular flexibility index (Phi) is 4.36. The van der Waals surface area contributed by atoms with E-state index in [0.29, 0.717) is 6.42 Å². The molecule has 0 aliphatic rings. The summed E-state index contributed by atoms with van der Waals surface area (Å²) in [5.74, 6) is 0. The summed E-state index contributed by atoms with van der Waals surface area (Å²) in [5.41, 5.74) is 0. The molecule has 0 spiro atoms. The molecule has 0 aromatic rings. The van der Waals surface area contributed by atoms with Gasteiger partial charge in [-0.25, -0.2) is 0 Å². The van der Waals surface area contributed by atoms with Crippen LogP contribution in [0.1, 0.15) is 13.3 Å². The first-order chi connectivity index (χ1) is 5.49. The van der Waals surface area contributed by atoms with E-state index < -0.39 is 13.9 Å². The van der Waals surface area contributed by atoms with Crippen molar-refractivity contribution in [2.75, 3.05) is 21.3 Å². The summed E-state index contributed by atoms with van der Waals surface area (Å²) < 4.78 is 10.5. The van der Waals surface area contributed by atoms with Gasteiger partial charge in [-0.2, -0.15) is 0 Å². The normalized spacial score (nSPS) is 17.5. The molecule has 0 radical (unpaired) electrons. The van der Waals surface area contributed by atoms with Crippen molar-refractivity contribution < 1.29 is 14.0 Å². The lowest BCUT2D eigenvalue weighted by Crippen LogP contribution is -2.66. The van der Waals surface area contributed by atoms with Crippen molar-refractivity contribution in [1.29, 1.82) is 0 Å². The number of aliphatic hydroxyl groups is 1. The van der Waals surface area contributed by atoms with Crippen molar-refractivity contribution in [2.45, 2.75) is 25.2 Å². The van der Waals surface area contributed by atoms with Crippen LogP contribution in [0.15, 0.2) is 0 Å². The van der Waals surface area contributed by atoms with Gasteiger partial charge in [0.2, 0.25) is 0 Å². The quantitative estimate of drug-likeness (QED) is 0.484. The van der Waals surface area contributed by atoms with Gasteiger partial charge in [0.1, 0.15) is 0 Å². The molecule has 0 aromatic heterocycles. The van der Waals surface area contributed by atoms with E-state index in [-0.39, 0.29) is 0 Å². The third-order valence-electron chi connectivity index (χ3n) is 2.46. The number of hydrogen-bond donors (Lipinski definition) is 2. The van der Waals surface area contributed by atoms with Gasteiger partial charge in [0.15, 0.2) is 5.35 Å². The Balaban J connectivity index is 4.66. The maximum atomic E-state index is 10.0. The van der Waals surface area contributed by atoms with Crippen LogP contribution in [0.3, 0.4) is 0 Å². The SMILES string of the molecule is CCC(O)(NC)[Si](C)(OC)OC. The van der Waals surface area contributed by atoms with Gasteiger partial charge in [-0.1, -0.05) is 6.92 Å². The van der Waals surface area contributed by atoms with Gasteiger partial charge in [-0.05, 0) is 20.0 Å². The van der Waals surface area contributed by atoms with Crippen molar-refractivity contribution in [3.8, 4) is 0 Å². The maximum Gasteiger partial charge on any atom is 0.382 e. The van der Waals surface area contributed by atoms with Crippen molar-refractivity contribution in [2.24, 2.45) is 0 Å². The van der Waals surface area contributed by atoms with Crippen LogP contribution in [-0.2, 0) is 8.85 Å². The van der Waals surface area contributed by atoms with Crippen molar-refractivity contribution >= 4 is 8.56 Å². The predicted molar refractivity (Wildman–Crippen MR) is 49.9 cm³/mol. The molecular weight excluding hydrogens is 174 g/mol. The summed E-state index contributed by atoms with van der Waals surface area (Å²) in [6.45, 7) is 3.72. The molecular formula is C7H19NO3Si. The zero-order chi connectivity index (χ0) is 9.83. The number of rotatable bonds is 5. The second kappa shape index (κ2) is 4.34. The average molecular weight is 193 g/mol. The molecule has 1 atom stereocenters. The highest BCUT2D eigenvalue weighted by molar-refractivity contribution is 6.68. The van der Waals surface area contributed by atoms with Crippen LogP contribution in [0.2, 0.25) is 6.55 Å². The highest BCUT2D eigenvalue weighted by Crippen LogP contribution is 2.22. The van der Waals surface area contributed by atoms with Crippen LogP contribution in [0.25, 0.3) is 0 Å². The highest BCUT2D eigenvalue weighted by Gasteiger charge is 2.50. The summed E-state index contributed by atoms with van der Waals surface area (Å²) in [6, 6.07) is 0. The van der Waals surface area contributed by atoms with Gasteiger partial charge in [0, 0.05) is 14.2 Å². The lowest BCUT2D eigenvalue weighted by atomic mass is 10.4. The zero-order valence-corrected chi connectivity index (χ0v) is 9.47. The molecule has 0 saturated heterocycles. The van der Waals surface area contributed by atoms with Crippen LogP contribution >= 0.6 is 0 Å². The number of hydrogen-bond acceptors (Lipinski definition) is 4. The first kappa shape index (κ1) is 12.1. The Morgan fingerprint density at radius 3 is 1.92 bits per heavy atom. The van der Waals surface area contributed by atoms with Crippen LogP contribution in [0, 0.1) is 0 Å². The predicted octanol–water partition coefficient (Wildman–Crippen LogP) is 0.208. The second-order valence-corrected chi connectivity index (χ2v) is 6.35. The van der Waals surface area contributed by atoms with E-state index in [1.54, 1.807) is 21.3 Å². The third-order valence-corrected chi connectivity index (χ3v) is 6.12. The average Bonchev–Trinajstić information content (AvgIpc) is 2.15. The molecule has 1 unspecified atom stereocenters. The van der Waals surface area contributed by atoms with E-state index in [4.69, 9.17) is 8.85 Å². The number of nitrogens with one attached hydrogen (secondary N) is 1. The lowest BCUT2D eigenvalue weighted by Gasteiger charge is -2.38. The van der Waals surface area contributed by atoms with Crippen LogP contribution < -0.4 is 5.32 Å². The van der Waals surface area contributed by atoms with E-state index in [2.05, 4.69) is 5.32 Å².